The Hall–Kier alpha value is -1.26. The van der Waals surface area contributed by atoms with Gasteiger partial charge in [0.1, 0.15) is 5.75 Å². The number of nitrogens with zero attached hydrogens (tertiary/aromatic N) is 1. The summed E-state index contributed by atoms with van der Waals surface area (Å²) in [5.74, 6) is 0.897. The summed E-state index contributed by atoms with van der Waals surface area (Å²) in [6.07, 6.45) is 2.35. The molecular formula is C17H27ClN2O2. The molecule has 1 aromatic carbocycles. The Morgan fingerprint density at radius 2 is 2.09 bits per heavy atom. The van der Waals surface area contributed by atoms with E-state index in [1.165, 1.54) is 0 Å². The second kappa shape index (κ2) is 9.01. The maximum atomic E-state index is 12.6. The number of rotatable bonds is 5. The summed E-state index contributed by atoms with van der Waals surface area (Å²) in [6.45, 7) is 5.66. The molecule has 5 heteroatoms. The highest BCUT2D eigenvalue weighted by Gasteiger charge is 2.28. The minimum Gasteiger partial charge on any atom is -0.481 e. The number of likely N-dealkylation sites (tertiary alicyclic amines) is 1. The highest BCUT2D eigenvalue weighted by atomic mass is 35.5. The minimum absolute atomic E-state index is 0. The number of nitrogens with one attached hydrogen (secondary N) is 1. The molecule has 0 aromatic heterocycles. The molecule has 1 atom stereocenters. The highest BCUT2D eigenvalue weighted by Crippen LogP contribution is 2.18. The lowest BCUT2D eigenvalue weighted by molar-refractivity contribution is -0.140. The van der Waals surface area contributed by atoms with Crippen molar-refractivity contribution in [3.8, 4) is 5.75 Å². The zero-order chi connectivity index (χ0) is 15.2. The molecule has 1 aromatic rings. The number of benzene rings is 1. The second-order valence-corrected chi connectivity index (χ2v) is 5.72. The van der Waals surface area contributed by atoms with Gasteiger partial charge in [-0.15, -0.1) is 12.4 Å². The van der Waals surface area contributed by atoms with E-state index in [2.05, 4.69) is 5.32 Å². The van der Waals surface area contributed by atoms with Crippen molar-refractivity contribution in [1.82, 2.24) is 10.2 Å². The number of carbonyl (C=O) groups is 1. The largest absolute Gasteiger partial charge is 0.481 e. The molecule has 2 rings (SSSR count). The molecule has 0 radical (unpaired) electrons. The number of halogens is 1. The van der Waals surface area contributed by atoms with Crippen LogP contribution >= 0.6 is 12.4 Å². The third-order valence-electron chi connectivity index (χ3n) is 4.13. The summed E-state index contributed by atoms with van der Waals surface area (Å²) in [4.78, 5) is 14.5. The van der Waals surface area contributed by atoms with Crippen molar-refractivity contribution in [3.63, 3.8) is 0 Å². The quantitative estimate of drug-likeness (QED) is 0.904. The van der Waals surface area contributed by atoms with Gasteiger partial charge in [-0.1, -0.05) is 19.1 Å². The van der Waals surface area contributed by atoms with E-state index in [9.17, 15) is 4.79 Å². The van der Waals surface area contributed by atoms with Crippen LogP contribution in [0.25, 0.3) is 0 Å². The lowest BCUT2D eigenvalue weighted by Gasteiger charge is -2.34. The molecule has 1 fully saturated rings. The molecule has 0 spiro atoms. The van der Waals surface area contributed by atoms with Gasteiger partial charge in [0.15, 0.2) is 6.10 Å². The molecule has 1 saturated heterocycles. The van der Waals surface area contributed by atoms with E-state index in [0.29, 0.717) is 12.5 Å². The number of piperidine rings is 1. The smallest absolute Gasteiger partial charge is 0.263 e. The first-order chi connectivity index (χ1) is 10.1. The van der Waals surface area contributed by atoms with Crippen molar-refractivity contribution in [2.45, 2.75) is 45.3 Å². The normalized spacial score (nSPS) is 16.8. The van der Waals surface area contributed by atoms with Gasteiger partial charge in [0.05, 0.1) is 0 Å². The number of aryl methyl sites for hydroxylation is 1. The van der Waals surface area contributed by atoms with Crippen molar-refractivity contribution in [3.05, 3.63) is 29.8 Å². The Morgan fingerprint density at radius 1 is 1.41 bits per heavy atom. The van der Waals surface area contributed by atoms with Crippen LogP contribution in [0, 0.1) is 6.92 Å². The Balaban J connectivity index is 0.00000242. The van der Waals surface area contributed by atoms with Gasteiger partial charge in [-0.25, -0.2) is 0 Å². The second-order valence-electron chi connectivity index (χ2n) is 5.72. The molecule has 124 valence electrons. The number of hydrogen-bond donors (Lipinski definition) is 1. The zero-order valence-corrected chi connectivity index (χ0v) is 14.5. The van der Waals surface area contributed by atoms with Gasteiger partial charge >= 0.3 is 0 Å². The van der Waals surface area contributed by atoms with E-state index in [0.717, 1.165) is 37.2 Å². The summed E-state index contributed by atoms with van der Waals surface area (Å²) < 4.78 is 5.91. The molecular weight excluding hydrogens is 300 g/mol. The highest BCUT2D eigenvalue weighted by molar-refractivity contribution is 5.85. The van der Waals surface area contributed by atoms with Crippen LogP contribution < -0.4 is 10.1 Å². The molecule has 1 aliphatic heterocycles. The van der Waals surface area contributed by atoms with Crippen LogP contribution in [0.1, 0.15) is 31.7 Å². The maximum Gasteiger partial charge on any atom is 0.263 e. The number of ether oxygens (including phenoxy) is 1. The van der Waals surface area contributed by atoms with E-state index >= 15 is 0 Å². The molecule has 0 aliphatic carbocycles. The van der Waals surface area contributed by atoms with Crippen LogP contribution in [0.4, 0.5) is 0 Å². The van der Waals surface area contributed by atoms with Crippen LogP contribution in [-0.2, 0) is 4.79 Å². The number of carbonyl (C=O) groups excluding carboxylic acids is 1. The molecule has 1 amide bonds. The molecule has 4 nitrogen and oxygen atoms in total. The van der Waals surface area contributed by atoms with E-state index < -0.39 is 0 Å². The van der Waals surface area contributed by atoms with Gasteiger partial charge < -0.3 is 15.0 Å². The summed E-state index contributed by atoms with van der Waals surface area (Å²) in [5, 5.41) is 3.28. The van der Waals surface area contributed by atoms with Gasteiger partial charge in [0.25, 0.3) is 5.91 Å². The number of amides is 1. The molecule has 1 N–H and O–H groups in total. The SMILES string of the molecule is CCC(Oc1cccc(C)c1)C(=O)N1CCC(NC)CC1.Cl. The molecule has 22 heavy (non-hydrogen) atoms. The van der Waals surface area contributed by atoms with Crippen LogP contribution in [0.3, 0.4) is 0 Å². The van der Waals surface area contributed by atoms with Crippen molar-refractivity contribution >= 4 is 18.3 Å². The first-order valence-electron chi connectivity index (χ1n) is 7.83. The average molecular weight is 327 g/mol. The first kappa shape index (κ1) is 18.8. The predicted molar refractivity (Wildman–Crippen MR) is 91.8 cm³/mol. The monoisotopic (exact) mass is 326 g/mol. The van der Waals surface area contributed by atoms with E-state index in [1.807, 2.05) is 50.1 Å². The van der Waals surface area contributed by atoms with E-state index in [4.69, 9.17) is 4.74 Å². The third kappa shape index (κ3) is 4.89. The van der Waals surface area contributed by atoms with E-state index in [1.54, 1.807) is 0 Å². The van der Waals surface area contributed by atoms with Crippen molar-refractivity contribution in [2.24, 2.45) is 0 Å². The fourth-order valence-corrected chi connectivity index (χ4v) is 2.75. The zero-order valence-electron chi connectivity index (χ0n) is 13.7. The maximum absolute atomic E-state index is 12.6. The van der Waals surface area contributed by atoms with Crippen molar-refractivity contribution in [2.75, 3.05) is 20.1 Å². The average Bonchev–Trinajstić information content (AvgIpc) is 2.52. The first-order valence-corrected chi connectivity index (χ1v) is 7.83. The van der Waals surface area contributed by atoms with Gasteiger partial charge in [-0.05, 0) is 50.9 Å². The third-order valence-corrected chi connectivity index (χ3v) is 4.13. The summed E-state index contributed by atoms with van der Waals surface area (Å²) in [7, 11) is 1.98. The van der Waals surface area contributed by atoms with Crippen LogP contribution in [-0.4, -0.2) is 43.1 Å². The lowest BCUT2D eigenvalue weighted by atomic mass is 10.0. The van der Waals surface area contributed by atoms with Crippen LogP contribution in [0.2, 0.25) is 0 Å². The summed E-state index contributed by atoms with van der Waals surface area (Å²) in [5.41, 5.74) is 1.14. The topological polar surface area (TPSA) is 41.6 Å². The lowest BCUT2D eigenvalue weighted by Crippen LogP contribution is -2.48. The Labute approximate surface area is 139 Å². The van der Waals surface area contributed by atoms with Crippen molar-refractivity contribution < 1.29 is 9.53 Å². The minimum atomic E-state index is -0.377. The molecule has 0 bridgehead atoms. The van der Waals surface area contributed by atoms with Crippen LogP contribution in [0.15, 0.2) is 24.3 Å². The Kier molecular flexibility index (Phi) is 7.69. The fraction of sp³-hybridized carbons (Fsp3) is 0.588. The van der Waals surface area contributed by atoms with Gasteiger partial charge in [-0.2, -0.15) is 0 Å². The molecule has 1 heterocycles. The van der Waals surface area contributed by atoms with Gasteiger partial charge in [0.2, 0.25) is 0 Å². The fourth-order valence-electron chi connectivity index (χ4n) is 2.75. The Bertz CT molecular complexity index is 473. The summed E-state index contributed by atoms with van der Waals surface area (Å²) in [6, 6.07) is 8.41. The number of hydrogen-bond acceptors (Lipinski definition) is 3. The molecule has 1 aliphatic rings. The van der Waals surface area contributed by atoms with E-state index in [-0.39, 0.29) is 24.4 Å². The summed E-state index contributed by atoms with van der Waals surface area (Å²) >= 11 is 0. The van der Waals surface area contributed by atoms with Gasteiger partial charge in [0, 0.05) is 19.1 Å². The van der Waals surface area contributed by atoms with Crippen molar-refractivity contribution in [1.29, 1.82) is 0 Å². The van der Waals surface area contributed by atoms with Crippen LogP contribution in [0.5, 0.6) is 5.75 Å². The predicted octanol–water partition coefficient (Wildman–Crippen LogP) is 2.78. The van der Waals surface area contributed by atoms with Gasteiger partial charge in [-0.3, -0.25) is 4.79 Å². The molecule has 1 unspecified atom stereocenters. The Morgan fingerprint density at radius 3 is 2.64 bits per heavy atom. The molecule has 0 saturated carbocycles. The standard InChI is InChI=1S/C17H26N2O2.ClH/c1-4-16(21-15-7-5-6-13(2)12-15)17(20)19-10-8-14(18-3)9-11-19;/h5-7,12,14,16,18H,4,8-11H2,1-3H3;1H.